The molecule has 2 heterocycles. The minimum atomic E-state index is -4.46. The molecule has 0 aliphatic heterocycles. The number of carbonyl (C=O) groups is 2. The quantitative estimate of drug-likeness (QED) is 0.714. The van der Waals surface area contributed by atoms with E-state index in [4.69, 9.17) is 4.74 Å². The van der Waals surface area contributed by atoms with Gasteiger partial charge in [-0.2, -0.15) is 13.2 Å². The third-order valence-corrected chi connectivity index (χ3v) is 4.87. The van der Waals surface area contributed by atoms with Gasteiger partial charge in [0.1, 0.15) is 5.69 Å². The largest absolute Gasteiger partial charge is 0.468 e. The molecule has 0 bridgehead atoms. The summed E-state index contributed by atoms with van der Waals surface area (Å²) in [5, 5.41) is 2.60. The normalized spacial score (nSPS) is 14.6. The van der Waals surface area contributed by atoms with Crippen LogP contribution in [0.5, 0.6) is 5.88 Å². The van der Waals surface area contributed by atoms with Crippen LogP contribution in [0.3, 0.4) is 0 Å². The number of nitrogens with zero attached hydrogens (tertiary/aromatic N) is 4. The van der Waals surface area contributed by atoms with Gasteiger partial charge in [-0.3, -0.25) is 14.9 Å². The molecule has 2 amide bonds. The number of amides is 2. The maximum Gasteiger partial charge on any atom is 0.422 e. The lowest BCUT2D eigenvalue weighted by molar-refractivity contribution is -0.154. The second-order valence-corrected chi connectivity index (χ2v) is 7.42. The van der Waals surface area contributed by atoms with E-state index in [-0.39, 0.29) is 29.3 Å². The first kappa shape index (κ1) is 22.4. The van der Waals surface area contributed by atoms with Gasteiger partial charge in [-0.05, 0) is 44.4 Å². The van der Waals surface area contributed by atoms with Gasteiger partial charge in [-0.1, -0.05) is 0 Å². The summed E-state index contributed by atoms with van der Waals surface area (Å²) in [7, 11) is 1.57. The molecule has 1 saturated carbocycles. The first-order valence-electron chi connectivity index (χ1n) is 9.62. The molecular formula is C20H22F3N5O3. The van der Waals surface area contributed by atoms with Gasteiger partial charge in [-0.15, -0.1) is 0 Å². The Hall–Kier alpha value is -3.24. The van der Waals surface area contributed by atoms with E-state index in [1.54, 1.807) is 27.0 Å². The van der Waals surface area contributed by atoms with Gasteiger partial charge in [0, 0.05) is 30.9 Å². The minimum Gasteiger partial charge on any atom is -0.468 e. The molecule has 0 radical (unpaired) electrons. The fraction of sp³-hybridized carbons (Fsp3) is 0.450. The first-order chi connectivity index (χ1) is 14.5. The highest BCUT2D eigenvalue weighted by Gasteiger charge is 2.31. The zero-order valence-corrected chi connectivity index (χ0v) is 17.2. The van der Waals surface area contributed by atoms with Gasteiger partial charge < -0.3 is 9.64 Å². The molecule has 2 aromatic heterocycles. The van der Waals surface area contributed by atoms with Crippen molar-refractivity contribution in [3.05, 3.63) is 41.3 Å². The molecule has 1 fully saturated rings. The molecule has 1 unspecified atom stereocenters. The Bertz CT molecular complexity index is 979. The molecular weight excluding hydrogens is 415 g/mol. The molecule has 0 saturated heterocycles. The Morgan fingerprint density at radius 1 is 1.32 bits per heavy atom. The van der Waals surface area contributed by atoms with E-state index >= 15 is 0 Å². The highest BCUT2D eigenvalue weighted by molar-refractivity contribution is 5.95. The summed E-state index contributed by atoms with van der Waals surface area (Å²) in [5.74, 6) is -0.654. The molecule has 31 heavy (non-hydrogen) atoms. The van der Waals surface area contributed by atoms with Crippen molar-refractivity contribution in [2.24, 2.45) is 5.92 Å². The highest BCUT2D eigenvalue weighted by Crippen LogP contribution is 2.30. The lowest BCUT2D eigenvalue weighted by Gasteiger charge is -2.25. The fourth-order valence-corrected chi connectivity index (χ4v) is 2.79. The molecule has 11 heteroatoms. The number of carbonyl (C=O) groups excluding carboxylic acids is 2. The number of anilines is 1. The molecule has 0 aromatic carbocycles. The van der Waals surface area contributed by atoms with E-state index in [1.807, 2.05) is 0 Å². The fourth-order valence-electron chi connectivity index (χ4n) is 2.79. The Kier molecular flexibility index (Phi) is 6.42. The number of aryl methyl sites for hydroxylation is 1. The number of rotatable bonds is 7. The van der Waals surface area contributed by atoms with Crippen LogP contribution in [0.25, 0.3) is 0 Å². The summed E-state index contributed by atoms with van der Waals surface area (Å²) in [5.41, 5.74) is 1.14. The number of ether oxygens (including phenoxy) is 1. The Labute approximate surface area is 176 Å². The van der Waals surface area contributed by atoms with E-state index in [2.05, 4.69) is 20.3 Å². The summed E-state index contributed by atoms with van der Waals surface area (Å²) < 4.78 is 41.8. The average molecular weight is 437 g/mol. The summed E-state index contributed by atoms with van der Waals surface area (Å²) in [6, 6.07) is 2.61. The third kappa shape index (κ3) is 5.89. The van der Waals surface area contributed by atoms with E-state index in [0.29, 0.717) is 11.1 Å². The highest BCUT2D eigenvalue weighted by atomic mass is 19.4. The average Bonchev–Trinajstić information content (AvgIpc) is 3.56. The van der Waals surface area contributed by atoms with Crippen LogP contribution in [-0.2, 0) is 4.79 Å². The van der Waals surface area contributed by atoms with Crippen molar-refractivity contribution in [3.8, 4) is 5.88 Å². The van der Waals surface area contributed by atoms with Gasteiger partial charge in [0.2, 0.25) is 17.7 Å². The summed E-state index contributed by atoms with van der Waals surface area (Å²) >= 11 is 0. The van der Waals surface area contributed by atoms with Crippen LogP contribution < -0.4 is 10.1 Å². The maximum absolute atomic E-state index is 12.9. The number of hydrogen-bond acceptors (Lipinski definition) is 6. The van der Waals surface area contributed by atoms with Crippen molar-refractivity contribution < 1.29 is 27.5 Å². The Balaban J connectivity index is 1.69. The predicted octanol–water partition coefficient (Wildman–Crippen LogP) is 3.30. The third-order valence-electron chi connectivity index (χ3n) is 4.87. The van der Waals surface area contributed by atoms with Crippen LogP contribution in [0, 0.1) is 12.8 Å². The second kappa shape index (κ2) is 8.86. The lowest BCUT2D eigenvalue weighted by Crippen LogP contribution is -2.31. The minimum absolute atomic E-state index is 0.0236. The number of alkyl halides is 3. The van der Waals surface area contributed by atoms with Crippen LogP contribution >= 0.6 is 0 Å². The van der Waals surface area contributed by atoms with Gasteiger partial charge in [0.05, 0.1) is 6.04 Å². The SMILES string of the molecule is Cc1cc(C(C)N(C)C(=O)c2ccnc(NC(=O)C3CC3)n2)cnc1OCC(F)(F)F. The number of pyridine rings is 1. The molecule has 2 aromatic rings. The zero-order valence-electron chi connectivity index (χ0n) is 17.2. The van der Waals surface area contributed by atoms with Gasteiger partial charge in [-0.25, -0.2) is 15.0 Å². The van der Waals surface area contributed by atoms with E-state index in [1.165, 1.54) is 23.4 Å². The van der Waals surface area contributed by atoms with Gasteiger partial charge >= 0.3 is 6.18 Å². The predicted molar refractivity (Wildman–Crippen MR) is 104 cm³/mol. The van der Waals surface area contributed by atoms with Crippen molar-refractivity contribution in [2.75, 3.05) is 19.0 Å². The number of nitrogens with one attached hydrogen (secondary N) is 1. The first-order valence-corrected chi connectivity index (χ1v) is 9.62. The molecule has 1 N–H and O–H groups in total. The lowest BCUT2D eigenvalue weighted by atomic mass is 10.1. The van der Waals surface area contributed by atoms with E-state index in [0.717, 1.165) is 12.8 Å². The van der Waals surface area contributed by atoms with Gasteiger partial charge in [0.25, 0.3) is 5.91 Å². The molecule has 8 nitrogen and oxygen atoms in total. The topological polar surface area (TPSA) is 97.3 Å². The summed E-state index contributed by atoms with van der Waals surface area (Å²) in [6.07, 6.45) is -0.0359. The van der Waals surface area contributed by atoms with E-state index < -0.39 is 24.7 Å². The molecule has 1 atom stereocenters. The monoisotopic (exact) mass is 437 g/mol. The summed E-state index contributed by atoms with van der Waals surface area (Å²) in [4.78, 5) is 38.2. The van der Waals surface area contributed by atoms with Crippen LogP contribution in [0.1, 0.15) is 47.4 Å². The smallest absolute Gasteiger partial charge is 0.422 e. The second-order valence-electron chi connectivity index (χ2n) is 7.42. The van der Waals surface area contributed by atoms with Gasteiger partial charge in [0.15, 0.2) is 6.61 Å². The molecule has 166 valence electrons. The zero-order chi connectivity index (χ0) is 22.8. The number of halogens is 3. The molecule has 3 rings (SSSR count). The van der Waals surface area contributed by atoms with Crippen LogP contribution in [0.2, 0.25) is 0 Å². The molecule has 1 aliphatic rings. The van der Waals surface area contributed by atoms with Crippen molar-refractivity contribution >= 4 is 17.8 Å². The number of aromatic nitrogens is 3. The van der Waals surface area contributed by atoms with Crippen molar-refractivity contribution in [3.63, 3.8) is 0 Å². The Morgan fingerprint density at radius 2 is 2.03 bits per heavy atom. The number of hydrogen-bond donors (Lipinski definition) is 1. The van der Waals surface area contributed by atoms with Crippen molar-refractivity contribution in [1.82, 2.24) is 19.9 Å². The molecule has 0 spiro atoms. The molecule has 1 aliphatic carbocycles. The van der Waals surface area contributed by atoms with Crippen molar-refractivity contribution in [2.45, 2.75) is 38.9 Å². The van der Waals surface area contributed by atoms with Crippen LogP contribution in [0.15, 0.2) is 24.5 Å². The summed E-state index contributed by atoms with van der Waals surface area (Å²) in [6.45, 7) is 1.90. The van der Waals surface area contributed by atoms with Crippen molar-refractivity contribution in [1.29, 1.82) is 0 Å². The Morgan fingerprint density at radius 3 is 2.65 bits per heavy atom. The van der Waals surface area contributed by atoms with E-state index in [9.17, 15) is 22.8 Å². The maximum atomic E-state index is 12.9. The van der Waals surface area contributed by atoms with Crippen LogP contribution in [-0.4, -0.2) is 51.5 Å². The standard InChI is InChI=1S/C20H22F3N5O3/c1-11-8-14(9-25-17(11)31-10-20(21,22)23)12(2)28(3)18(30)15-6-7-24-19(26-15)27-16(29)13-4-5-13/h6-9,12-13H,4-5,10H2,1-3H3,(H,24,26,27,29). The van der Waals surface area contributed by atoms with Crippen LogP contribution in [0.4, 0.5) is 19.1 Å².